The van der Waals surface area contributed by atoms with E-state index in [1.165, 1.54) is 7.11 Å². The summed E-state index contributed by atoms with van der Waals surface area (Å²) in [6.07, 6.45) is 1.62. The van der Waals surface area contributed by atoms with Gasteiger partial charge in [0.15, 0.2) is 11.5 Å². The summed E-state index contributed by atoms with van der Waals surface area (Å²) in [6.45, 7) is 0. The van der Waals surface area contributed by atoms with Crippen LogP contribution < -0.4 is 4.74 Å². The van der Waals surface area contributed by atoms with Crippen molar-refractivity contribution in [3.05, 3.63) is 21.9 Å². The number of rotatable bonds is 5. The average molecular weight is 333 g/mol. The normalized spacial score (nSPS) is 16.2. The smallest absolute Gasteiger partial charge is 0.303 e. The lowest BCUT2D eigenvalue weighted by molar-refractivity contribution is -0.137. The van der Waals surface area contributed by atoms with E-state index in [0.717, 1.165) is 18.9 Å². The number of phenolic OH excluding ortho intramolecular Hbond substituents is 1. The summed E-state index contributed by atoms with van der Waals surface area (Å²) in [7, 11) is 1.33. The highest BCUT2D eigenvalue weighted by Gasteiger charge is 2.37. The average Bonchev–Trinajstić information content (AvgIpc) is 3.16. The van der Waals surface area contributed by atoms with Crippen LogP contribution in [0.5, 0.6) is 11.5 Å². The number of benzene rings is 1. The first-order chi connectivity index (χ1) is 8.95. The van der Waals surface area contributed by atoms with E-state index in [2.05, 4.69) is 15.9 Å². The molecule has 0 heterocycles. The Kier molecular flexibility index (Phi) is 3.99. The fraction of sp³-hybridized carbons (Fsp3) is 0.462. The highest BCUT2D eigenvalue weighted by Crippen LogP contribution is 2.50. The minimum Gasteiger partial charge on any atom is -0.503 e. The third-order valence-electron chi connectivity index (χ3n) is 3.37. The van der Waals surface area contributed by atoms with Crippen molar-refractivity contribution in [3.63, 3.8) is 0 Å². The molecule has 6 heteroatoms. The molecule has 4 nitrogen and oxygen atoms in total. The molecule has 0 spiro atoms. The van der Waals surface area contributed by atoms with Gasteiger partial charge in [0.25, 0.3) is 0 Å². The molecule has 1 unspecified atom stereocenters. The summed E-state index contributed by atoms with van der Waals surface area (Å²) in [5, 5.41) is 18.9. The third-order valence-corrected chi connectivity index (χ3v) is 4.17. The first-order valence-corrected chi connectivity index (χ1v) is 6.71. The van der Waals surface area contributed by atoms with Gasteiger partial charge in [0.1, 0.15) is 5.82 Å². The number of carboxylic acid groups (broad SMARTS) is 1. The number of hydrogen-bond donors (Lipinski definition) is 2. The van der Waals surface area contributed by atoms with Crippen LogP contribution in [0.2, 0.25) is 0 Å². The van der Waals surface area contributed by atoms with Gasteiger partial charge in [0.05, 0.1) is 18.0 Å². The van der Waals surface area contributed by atoms with Gasteiger partial charge in [-0.05, 0) is 34.7 Å². The Morgan fingerprint density at radius 2 is 2.26 bits per heavy atom. The molecule has 1 saturated carbocycles. The number of methoxy groups -OCH3 is 1. The number of hydrogen-bond acceptors (Lipinski definition) is 3. The van der Waals surface area contributed by atoms with Crippen molar-refractivity contribution in [2.45, 2.75) is 25.2 Å². The summed E-state index contributed by atoms with van der Waals surface area (Å²) in [5.41, 5.74) is 0.225. The number of carbonyl (C=O) groups is 1. The van der Waals surface area contributed by atoms with Gasteiger partial charge in [-0.3, -0.25) is 4.79 Å². The predicted molar refractivity (Wildman–Crippen MR) is 70.0 cm³/mol. The van der Waals surface area contributed by atoms with Crippen LogP contribution in [0.25, 0.3) is 0 Å². The van der Waals surface area contributed by atoms with Crippen molar-refractivity contribution in [2.75, 3.05) is 7.11 Å². The van der Waals surface area contributed by atoms with Crippen molar-refractivity contribution in [1.29, 1.82) is 0 Å². The predicted octanol–water partition coefficient (Wildman–Crippen LogP) is 3.27. The van der Waals surface area contributed by atoms with E-state index in [1.807, 2.05) is 0 Å². The highest BCUT2D eigenvalue weighted by atomic mass is 79.9. The molecule has 0 radical (unpaired) electrons. The van der Waals surface area contributed by atoms with Crippen LogP contribution in [0.15, 0.2) is 10.5 Å². The van der Waals surface area contributed by atoms with E-state index in [4.69, 9.17) is 9.84 Å². The molecule has 1 fully saturated rings. The zero-order chi connectivity index (χ0) is 14.2. The van der Waals surface area contributed by atoms with Gasteiger partial charge < -0.3 is 14.9 Å². The summed E-state index contributed by atoms with van der Waals surface area (Å²) >= 11 is 3.15. The minimum absolute atomic E-state index is 0.0259. The fourth-order valence-corrected chi connectivity index (χ4v) is 2.97. The molecule has 1 aliphatic rings. The molecule has 19 heavy (non-hydrogen) atoms. The van der Waals surface area contributed by atoms with E-state index >= 15 is 0 Å². The van der Waals surface area contributed by atoms with E-state index in [-0.39, 0.29) is 33.9 Å². The molecule has 0 saturated heterocycles. The number of aromatic hydroxyl groups is 1. The Balaban J connectivity index is 2.47. The molecule has 0 aromatic heterocycles. The second-order valence-corrected chi connectivity index (χ2v) is 5.47. The molecule has 0 aliphatic heterocycles. The SMILES string of the molecule is COc1cc(F)c(C(CC(=O)O)C2CC2)c(Br)c1O. The molecule has 1 aromatic carbocycles. The minimum atomic E-state index is -0.974. The number of phenols is 1. The zero-order valence-electron chi connectivity index (χ0n) is 10.3. The summed E-state index contributed by atoms with van der Waals surface area (Å²) < 4.78 is 19.2. The Bertz CT molecular complexity index is 514. The van der Waals surface area contributed by atoms with Crippen LogP contribution in [-0.4, -0.2) is 23.3 Å². The molecule has 2 N–H and O–H groups in total. The number of aliphatic carboxylic acids is 1. The lowest BCUT2D eigenvalue weighted by atomic mass is 9.90. The van der Waals surface area contributed by atoms with Gasteiger partial charge in [-0.15, -0.1) is 0 Å². The molecule has 104 valence electrons. The molecule has 0 bridgehead atoms. The lowest BCUT2D eigenvalue weighted by Gasteiger charge is -2.19. The van der Waals surface area contributed by atoms with Crippen molar-refractivity contribution in [2.24, 2.45) is 5.92 Å². The summed E-state index contributed by atoms with van der Waals surface area (Å²) in [6, 6.07) is 1.09. The van der Waals surface area contributed by atoms with Gasteiger partial charge in [0.2, 0.25) is 0 Å². The maximum Gasteiger partial charge on any atom is 0.303 e. The van der Waals surface area contributed by atoms with Crippen LogP contribution in [0.1, 0.15) is 30.7 Å². The van der Waals surface area contributed by atoms with E-state index in [0.29, 0.717) is 0 Å². The topological polar surface area (TPSA) is 66.8 Å². The molecule has 0 amide bonds. The second-order valence-electron chi connectivity index (χ2n) is 4.68. The van der Waals surface area contributed by atoms with Crippen LogP contribution in [0.3, 0.4) is 0 Å². The second kappa shape index (κ2) is 5.36. The van der Waals surface area contributed by atoms with Gasteiger partial charge in [-0.2, -0.15) is 0 Å². The Morgan fingerprint density at radius 3 is 2.74 bits per heavy atom. The first kappa shape index (κ1) is 14.1. The lowest BCUT2D eigenvalue weighted by Crippen LogP contribution is -2.11. The van der Waals surface area contributed by atoms with Gasteiger partial charge in [-0.1, -0.05) is 0 Å². The third kappa shape index (κ3) is 2.83. The van der Waals surface area contributed by atoms with Gasteiger partial charge in [-0.25, -0.2) is 4.39 Å². The van der Waals surface area contributed by atoms with E-state index < -0.39 is 17.7 Å². The summed E-state index contributed by atoms with van der Waals surface area (Å²) in [5.74, 6) is -1.97. The molecule has 2 rings (SSSR count). The largest absolute Gasteiger partial charge is 0.503 e. The summed E-state index contributed by atoms with van der Waals surface area (Å²) in [4.78, 5) is 10.9. The molecule has 1 aliphatic carbocycles. The fourth-order valence-electron chi connectivity index (χ4n) is 2.29. The Hall–Kier alpha value is -1.30. The standard InChI is InChI=1S/C13H14BrFO4/c1-19-9-5-8(15)11(12(14)13(9)18)7(4-10(16)17)6-2-3-6/h5-7,18H,2-4H2,1H3,(H,16,17). The number of carboxylic acids is 1. The van der Waals surface area contributed by atoms with Crippen molar-refractivity contribution < 1.29 is 24.1 Å². The van der Waals surface area contributed by atoms with Crippen molar-refractivity contribution >= 4 is 21.9 Å². The van der Waals surface area contributed by atoms with Gasteiger partial charge >= 0.3 is 5.97 Å². The zero-order valence-corrected chi connectivity index (χ0v) is 11.9. The maximum atomic E-state index is 14.2. The van der Waals surface area contributed by atoms with Crippen LogP contribution >= 0.6 is 15.9 Å². The van der Waals surface area contributed by atoms with Crippen LogP contribution in [-0.2, 0) is 4.79 Å². The molecule has 1 atom stereocenters. The Labute approximate surface area is 118 Å². The monoisotopic (exact) mass is 332 g/mol. The maximum absolute atomic E-state index is 14.2. The molecular formula is C13H14BrFO4. The van der Waals surface area contributed by atoms with Crippen molar-refractivity contribution in [3.8, 4) is 11.5 Å². The number of halogens is 2. The molecule has 1 aromatic rings. The quantitative estimate of drug-likeness (QED) is 0.868. The highest BCUT2D eigenvalue weighted by molar-refractivity contribution is 9.10. The van der Waals surface area contributed by atoms with E-state index in [1.54, 1.807) is 0 Å². The van der Waals surface area contributed by atoms with Crippen LogP contribution in [0, 0.1) is 11.7 Å². The van der Waals surface area contributed by atoms with Crippen LogP contribution in [0.4, 0.5) is 4.39 Å². The first-order valence-electron chi connectivity index (χ1n) is 5.92. The molecular weight excluding hydrogens is 319 g/mol. The van der Waals surface area contributed by atoms with E-state index in [9.17, 15) is 14.3 Å². The number of ether oxygens (including phenoxy) is 1. The van der Waals surface area contributed by atoms with Gasteiger partial charge in [0, 0.05) is 17.5 Å². The Morgan fingerprint density at radius 1 is 1.63 bits per heavy atom. The van der Waals surface area contributed by atoms with Crippen molar-refractivity contribution in [1.82, 2.24) is 0 Å².